The first kappa shape index (κ1) is 23.3. The summed E-state index contributed by atoms with van der Waals surface area (Å²) in [6.45, 7) is 9.26. The van der Waals surface area contributed by atoms with E-state index in [0.717, 1.165) is 42.9 Å². The van der Waals surface area contributed by atoms with Gasteiger partial charge in [-0.2, -0.15) is 0 Å². The van der Waals surface area contributed by atoms with Crippen LogP contribution in [-0.2, 0) is 6.54 Å². The third-order valence-corrected chi connectivity index (χ3v) is 5.29. The smallest absolute Gasteiger partial charge is 0.191 e. The molecule has 5 nitrogen and oxygen atoms in total. The number of aliphatic imine (C=N–C) groups is 1. The second-order valence-corrected chi connectivity index (χ2v) is 7.74. The maximum absolute atomic E-state index is 6.00. The van der Waals surface area contributed by atoms with Crippen molar-refractivity contribution < 1.29 is 4.74 Å². The predicted octanol–water partition coefficient (Wildman–Crippen LogP) is 4.02. The molecule has 0 radical (unpaired) electrons. The lowest BCUT2D eigenvalue weighted by Gasteiger charge is -2.15. The number of benzene rings is 1. The SMILES string of the molecule is CCNC(=NCc1ccccc1OCC1CC1)NCCCCN1CCCC1.I. The van der Waals surface area contributed by atoms with E-state index in [0.29, 0.717) is 6.54 Å². The van der Waals surface area contributed by atoms with Crippen molar-refractivity contribution in [3.05, 3.63) is 29.8 Å². The normalized spacial score (nSPS) is 17.2. The molecule has 0 spiro atoms. The number of nitrogens with one attached hydrogen (secondary N) is 2. The van der Waals surface area contributed by atoms with Crippen molar-refractivity contribution in [2.24, 2.45) is 10.9 Å². The molecule has 6 heteroatoms. The number of hydrogen-bond acceptors (Lipinski definition) is 3. The van der Waals surface area contributed by atoms with Gasteiger partial charge in [0.05, 0.1) is 13.2 Å². The molecule has 158 valence electrons. The van der Waals surface area contributed by atoms with Crippen LogP contribution in [0.5, 0.6) is 5.75 Å². The van der Waals surface area contributed by atoms with Crippen molar-refractivity contribution in [2.45, 2.75) is 52.0 Å². The first-order valence-corrected chi connectivity index (χ1v) is 10.8. The van der Waals surface area contributed by atoms with Crippen molar-refractivity contribution in [1.82, 2.24) is 15.5 Å². The molecule has 2 fully saturated rings. The van der Waals surface area contributed by atoms with Gasteiger partial charge in [-0.15, -0.1) is 24.0 Å². The zero-order valence-corrected chi connectivity index (χ0v) is 19.6. The van der Waals surface area contributed by atoms with Gasteiger partial charge < -0.3 is 20.3 Å². The third kappa shape index (κ3) is 8.55. The topological polar surface area (TPSA) is 48.9 Å². The predicted molar refractivity (Wildman–Crippen MR) is 128 cm³/mol. The average Bonchev–Trinajstić information content (AvgIpc) is 3.38. The lowest BCUT2D eigenvalue weighted by atomic mass is 10.2. The van der Waals surface area contributed by atoms with Gasteiger partial charge in [0.1, 0.15) is 5.75 Å². The summed E-state index contributed by atoms with van der Waals surface area (Å²) in [6.07, 6.45) is 7.81. The number of guanidine groups is 1. The van der Waals surface area contributed by atoms with E-state index >= 15 is 0 Å². The summed E-state index contributed by atoms with van der Waals surface area (Å²) < 4.78 is 6.00. The van der Waals surface area contributed by atoms with E-state index in [1.807, 2.05) is 6.07 Å². The zero-order valence-electron chi connectivity index (χ0n) is 17.3. The molecule has 1 saturated carbocycles. The average molecular weight is 500 g/mol. The van der Waals surface area contributed by atoms with Crippen LogP contribution in [0.3, 0.4) is 0 Å². The highest BCUT2D eigenvalue weighted by Gasteiger charge is 2.22. The van der Waals surface area contributed by atoms with Crippen molar-refractivity contribution in [1.29, 1.82) is 0 Å². The summed E-state index contributed by atoms with van der Waals surface area (Å²) >= 11 is 0. The van der Waals surface area contributed by atoms with E-state index in [2.05, 4.69) is 40.7 Å². The fourth-order valence-corrected chi connectivity index (χ4v) is 3.45. The molecule has 28 heavy (non-hydrogen) atoms. The molecule has 0 bridgehead atoms. The van der Waals surface area contributed by atoms with Gasteiger partial charge >= 0.3 is 0 Å². The minimum atomic E-state index is 0. The van der Waals surface area contributed by atoms with Crippen LogP contribution in [-0.4, -0.2) is 50.2 Å². The summed E-state index contributed by atoms with van der Waals surface area (Å²) in [7, 11) is 0. The highest BCUT2D eigenvalue weighted by atomic mass is 127. The standard InChI is InChI=1S/C22H36N4O.HI/c1-2-23-22(24-13-5-6-14-26-15-7-8-16-26)25-17-20-9-3-4-10-21(20)27-18-19-11-12-19;/h3-4,9-10,19H,2,5-8,11-18H2,1H3,(H2,23,24,25);1H. The van der Waals surface area contributed by atoms with Gasteiger partial charge in [-0.05, 0) is 77.1 Å². The van der Waals surface area contributed by atoms with Crippen LogP contribution in [0, 0.1) is 5.92 Å². The van der Waals surface area contributed by atoms with Crippen LogP contribution >= 0.6 is 24.0 Å². The first-order chi connectivity index (χ1) is 13.3. The number of ether oxygens (including phenoxy) is 1. The van der Waals surface area contributed by atoms with E-state index in [-0.39, 0.29) is 24.0 Å². The van der Waals surface area contributed by atoms with Crippen LogP contribution in [0.1, 0.15) is 51.0 Å². The number of unbranched alkanes of at least 4 members (excludes halogenated alkanes) is 1. The Hall–Kier alpha value is -1.02. The Bertz CT molecular complexity index is 586. The van der Waals surface area contributed by atoms with Gasteiger partial charge in [0.25, 0.3) is 0 Å². The summed E-state index contributed by atoms with van der Waals surface area (Å²) in [5.74, 6) is 2.64. The van der Waals surface area contributed by atoms with Gasteiger partial charge in [-0.3, -0.25) is 0 Å². The van der Waals surface area contributed by atoms with Crippen molar-refractivity contribution >= 4 is 29.9 Å². The van der Waals surface area contributed by atoms with Gasteiger partial charge in [0.15, 0.2) is 5.96 Å². The molecular weight excluding hydrogens is 463 g/mol. The Labute approximate surface area is 187 Å². The Morgan fingerprint density at radius 1 is 1.14 bits per heavy atom. The Morgan fingerprint density at radius 2 is 1.93 bits per heavy atom. The van der Waals surface area contributed by atoms with Crippen molar-refractivity contribution in [2.75, 3.05) is 39.3 Å². The maximum atomic E-state index is 6.00. The monoisotopic (exact) mass is 500 g/mol. The zero-order chi connectivity index (χ0) is 18.7. The Balaban J connectivity index is 0.00000280. The lowest BCUT2D eigenvalue weighted by Crippen LogP contribution is -2.38. The molecule has 0 atom stereocenters. The van der Waals surface area contributed by atoms with Crippen molar-refractivity contribution in [3.63, 3.8) is 0 Å². The molecule has 1 saturated heterocycles. The quantitative estimate of drug-likeness (QED) is 0.209. The van der Waals surface area contributed by atoms with E-state index in [1.165, 1.54) is 58.2 Å². The first-order valence-electron chi connectivity index (χ1n) is 10.8. The fraction of sp³-hybridized carbons (Fsp3) is 0.682. The molecule has 2 N–H and O–H groups in total. The van der Waals surface area contributed by atoms with Gasteiger partial charge in [0.2, 0.25) is 0 Å². The molecular formula is C22H37IN4O. The summed E-state index contributed by atoms with van der Waals surface area (Å²) in [6, 6.07) is 8.28. The van der Waals surface area contributed by atoms with E-state index in [1.54, 1.807) is 0 Å². The summed E-state index contributed by atoms with van der Waals surface area (Å²) in [5.41, 5.74) is 1.16. The number of rotatable bonds is 11. The number of para-hydroxylation sites is 1. The third-order valence-electron chi connectivity index (χ3n) is 5.29. The number of halogens is 1. The molecule has 1 aromatic rings. The molecule has 2 aliphatic rings. The number of hydrogen-bond donors (Lipinski definition) is 2. The maximum Gasteiger partial charge on any atom is 0.191 e. The van der Waals surface area contributed by atoms with Crippen LogP contribution in [0.4, 0.5) is 0 Å². The highest BCUT2D eigenvalue weighted by Crippen LogP contribution is 2.30. The molecule has 0 amide bonds. The molecule has 3 rings (SSSR count). The van der Waals surface area contributed by atoms with Crippen LogP contribution in [0.2, 0.25) is 0 Å². The number of nitrogens with zero attached hydrogens (tertiary/aromatic N) is 2. The second kappa shape index (κ2) is 13.2. The summed E-state index contributed by atoms with van der Waals surface area (Å²) in [5, 5.41) is 6.83. The van der Waals surface area contributed by atoms with Crippen LogP contribution in [0.15, 0.2) is 29.3 Å². The molecule has 0 unspecified atom stereocenters. The fourth-order valence-electron chi connectivity index (χ4n) is 3.45. The van der Waals surface area contributed by atoms with Gasteiger partial charge in [-0.1, -0.05) is 18.2 Å². The Kier molecular flexibility index (Phi) is 11.0. The minimum absolute atomic E-state index is 0. The van der Waals surface area contributed by atoms with Crippen LogP contribution < -0.4 is 15.4 Å². The minimum Gasteiger partial charge on any atom is -0.493 e. The molecule has 1 aliphatic carbocycles. The number of likely N-dealkylation sites (tertiary alicyclic amines) is 1. The van der Waals surface area contributed by atoms with Crippen LogP contribution in [0.25, 0.3) is 0 Å². The summed E-state index contributed by atoms with van der Waals surface area (Å²) in [4.78, 5) is 7.35. The molecule has 0 aromatic heterocycles. The second-order valence-electron chi connectivity index (χ2n) is 7.74. The molecule has 1 aliphatic heterocycles. The highest BCUT2D eigenvalue weighted by molar-refractivity contribution is 14.0. The van der Waals surface area contributed by atoms with E-state index < -0.39 is 0 Å². The van der Waals surface area contributed by atoms with E-state index in [9.17, 15) is 0 Å². The van der Waals surface area contributed by atoms with E-state index in [4.69, 9.17) is 9.73 Å². The van der Waals surface area contributed by atoms with Gasteiger partial charge in [0, 0.05) is 18.7 Å². The lowest BCUT2D eigenvalue weighted by molar-refractivity contribution is 0.297. The Morgan fingerprint density at radius 3 is 2.68 bits per heavy atom. The molecule has 1 aromatic carbocycles. The largest absolute Gasteiger partial charge is 0.493 e. The molecule has 1 heterocycles. The van der Waals surface area contributed by atoms with Crippen molar-refractivity contribution in [3.8, 4) is 5.75 Å². The van der Waals surface area contributed by atoms with Gasteiger partial charge in [-0.25, -0.2) is 4.99 Å².